The topological polar surface area (TPSA) is 41.1 Å². The van der Waals surface area contributed by atoms with E-state index in [1.807, 2.05) is 13.0 Å². The van der Waals surface area contributed by atoms with Gasteiger partial charge in [0.15, 0.2) is 0 Å². The standard InChI is InChI=1S/C16H21FN2OS/c1-16(7-2-3-8-18-16)15(20)19-13-6-9-21-14-5-4-11(17)10-12(13)14/h4-5,10,13,18H,2-3,6-9H2,1H3,(H,19,20). The monoisotopic (exact) mass is 308 g/mol. The van der Waals surface area contributed by atoms with E-state index in [0.717, 1.165) is 48.4 Å². The quantitative estimate of drug-likeness (QED) is 0.882. The molecule has 2 atom stereocenters. The molecule has 3 rings (SSSR count). The van der Waals surface area contributed by atoms with E-state index in [1.165, 1.54) is 6.07 Å². The second-order valence-electron chi connectivity index (χ2n) is 6.06. The van der Waals surface area contributed by atoms with E-state index < -0.39 is 5.54 Å². The van der Waals surface area contributed by atoms with Crippen LogP contribution >= 0.6 is 11.8 Å². The third kappa shape index (κ3) is 3.09. The van der Waals surface area contributed by atoms with Crippen LogP contribution in [-0.2, 0) is 4.79 Å². The van der Waals surface area contributed by atoms with Gasteiger partial charge < -0.3 is 10.6 Å². The van der Waals surface area contributed by atoms with E-state index in [1.54, 1.807) is 17.8 Å². The second kappa shape index (κ2) is 5.97. The molecule has 0 bridgehead atoms. The highest BCUT2D eigenvalue weighted by Gasteiger charge is 2.36. The summed E-state index contributed by atoms with van der Waals surface area (Å²) in [6, 6.07) is 4.78. The minimum Gasteiger partial charge on any atom is -0.348 e. The number of rotatable bonds is 2. The first-order chi connectivity index (χ1) is 10.1. The number of hydrogen-bond acceptors (Lipinski definition) is 3. The Kier molecular flexibility index (Phi) is 4.22. The lowest BCUT2D eigenvalue weighted by Gasteiger charge is -2.36. The van der Waals surface area contributed by atoms with Crippen molar-refractivity contribution in [2.24, 2.45) is 0 Å². The van der Waals surface area contributed by atoms with Gasteiger partial charge >= 0.3 is 0 Å². The van der Waals surface area contributed by atoms with Crippen LogP contribution in [0, 0.1) is 5.82 Å². The molecule has 5 heteroatoms. The van der Waals surface area contributed by atoms with E-state index in [0.29, 0.717) is 0 Å². The first-order valence-electron chi connectivity index (χ1n) is 7.57. The molecular weight excluding hydrogens is 287 g/mol. The summed E-state index contributed by atoms with van der Waals surface area (Å²) >= 11 is 1.73. The number of piperidine rings is 1. The molecule has 1 fully saturated rings. The average molecular weight is 308 g/mol. The molecule has 0 radical (unpaired) electrons. The molecule has 2 aliphatic heterocycles. The zero-order valence-corrected chi connectivity index (χ0v) is 13.1. The second-order valence-corrected chi connectivity index (χ2v) is 7.20. The first-order valence-corrected chi connectivity index (χ1v) is 8.55. The van der Waals surface area contributed by atoms with E-state index in [-0.39, 0.29) is 17.8 Å². The largest absolute Gasteiger partial charge is 0.348 e. The number of carbonyl (C=O) groups excluding carboxylic acids is 1. The van der Waals surface area contributed by atoms with E-state index >= 15 is 0 Å². The van der Waals surface area contributed by atoms with Crippen LogP contribution in [0.5, 0.6) is 0 Å². The maximum Gasteiger partial charge on any atom is 0.240 e. The molecule has 2 heterocycles. The Morgan fingerprint density at radius 2 is 2.33 bits per heavy atom. The molecule has 1 aromatic carbocycles. The Morgan fingerprint density at radius 1 is 1.48 bits per heavy atom. The molecule has 114 valence electrons. The maximum atomic E-state index is 13.5. The molecule has 1 aromatic rings. The van der Waals surface area contributed by atoms with Gasteiger partial charge in [-0.05, 0) is 62.9 Å². The predicted octanol–water partition coefficient (Wildman–Crippen LogP) is 3.01. The fraction of sp³-hybridized carbons (Fsp3) is 0.562. The van der Waals surface area contributed by atoms with Crippen molar-refractivity contribution in [3.8, 4) is 0 Å². The number of benzene rings is 1. The highest BCUT2D eigenvalue weighted by Crippen LogP contribution is 2.36. The summed E-state index contributed by atoms with van der Waals surface area (Å²) in [7, 11) is 0. The van der Waals surface area contributed by atoms with Crippen molar-refractivity contribution in [3.63, 3.8) is 0 Å². The zero-order valence-electron chi connectivity index (χ0n) is 12.2. The van der Waals surface area contributed by atoms with Gasteiger partial charge in [0.2, 0.25) is 5.91 Å². The third-order valence-corrected chi connectivity index (χ3v) is 5.56. The fourth-order valence-corrected chi connectivity index (χ4v) is 4.19. The number of amides is 1. The summed E-state index contributed by atoms with van der Waals surface area (Å²) in [5.41, 5.74) is 0.426. The van der Waals surface area contributed by atoms with Crippen molar-refractivity contribution < 1.29 is 9.18 Å². The van der Waals surface area contributed by atoms with Crippen LogP contribution in [0.3, 0.4) is 0 Å². The third-order valence-electron chi connectivity index (χ3n) is 4.44. The van der Waals surface area contributed by atoms with Crippen molar-refractivity contribution in [1.82, 2.24) is 10.6 Å². The van der Waals surface area contributed by atoms with Gasteiger partial charge in [-0.3, -0.25) is 4.79 Å². The Labute approximate surface area is 129 Å². The van der Waals surface area contributed by atoms with Crippen molar-refractivity contribution in [1.29, 1.82) is 0 Å². The number of hydrogen-bond donors (Lipinski definition) is 2. The Bertz CT molecular complexity index is 543. The number of fused-ring (bicyclic) bond motifs is 1. The van der Waals surface area contributed by atoms with Crippen LogP contribution in [0.4, 0.5) is 4.39 Å². The molecule has 3 nitrogen and oxygen atoms in total. The molecule has 0 spiro atoms. The Hall–Kier alpha value is -1.07. The minimum atomic E-state index is -0.490. The van der Waals surface area contributed by atoms with Crippen molar-refractivity contribution in [2.75, 3.05) is 12.3 Å². The van der Waals surface area contributed by atoms with Gasteiger partial charge in [-0.25, -0.2) is 4.39 Å². The lowest BCUT2D eigenvalue weighted by Crippen LogP contribution is -2.57. The van der Waals surface area contributed by atoms with Crippen LogP contribution in [0.2, 0.25) is 0 Å². The molecule has 0 aromatic heterocycles. The molecular formula is C16H21FN2OS. The average Bonchev–Trinajstić information content (AvgIpc) is 2.48. The number of nitrogens with one attached hydrogen (secondary N) is 2. The summed E-state index contributed by atoms with van der Waals surface area (Å²) in [5, 5.41) is 6.46. The van der Waals surface area contributed by atoms with Crippen LogP contribution in [0.15, 0.2) is 23.1 Å². The molecule has 1 amide bonds. The van der Waals surface area contributed by atoms with Crippen LogP contribution in [0.25, 0.3) is 0 Å². The molecule has 2 unspecified atom stereocenters. The van der Waals surface area contributed by atoms with E-state index in [9.17, 15) is 9.18 Å². The van der Waals surface area contributed by atoms with Gasteiger partial charge in [0.25, 0.3) is 0 Å². The van der Waals surface area contributed by atoms with Crippen LogP contribution in [0.1, 0.15) is 44.2 Å². The van der Waals surface area contributed by atoms with E-state index in [2.05, 4.69) is 10.6 Å². The van der Waals surface area contributed by atoms with Crippen molar-refractivity contribution >= 4 is 17.7 Å². The first kappa shape index (κ1) is 14.9. The molecule has 0 saturated carbocycles. The molecule has 2 N–H and O–H groups in total. The summed E-state index contributed by atoms with van der Waals surface area (Å²) < 4.78 is 13.5. The molecule has 1 saturated heterocycles. The molecule has 2 aliphatic rings. The van der Waals surface area contributed by atoms with Crippen molar-refractivity contribution in [3.05, 3.63) is 29.6 Å². The maximum absolute atomic E-state index is 13.5. The summed E-state index contributed by atoms with van der Waals surface area (Å²) in [6.45, 7) is 2.85. The molecule has 21 heavy (non-hydrogen) atoms. The number of halogens is 1. The molecule has 0 aliphatic carbocycles. The van der Waals surface area contributed by atoms with Gasteiger partial charge in [0.1, 0.15) is 5.82 Å². The van der Waals surface area contributed by atoms with Crippen LogP contribution < -0.4 is 10.6 Å². The van der Waals surface area contributed by atoms with Gasteiger partial charge in [-0.1, -0.05) is 0 Å². The SMILES string of the molecule is CC1(C(=O)NC2CCSc3ccc(F)cc32)CCCCN1. The smallest absolute Gasteiger partial charge is 0.240 e. The zero-order chi connectivity index (χ0) is 14.9. The normalized spacial score (nSPS) is 28.8. The highest BCUT2D eigenvalue weighted by atomic mass is 32.2. The summed E-state index contributed by atoms with van der Waals surface area (Å²) in [4.78, 5) is 13.7. The van der Waals surface area contributed by atoms with Gasteiger partial charge in [0.05, 0.1) is 11.6 Å². The fourth-order valence-electron chi connectivity index (χ4n) is 3.08. The number of carbonyl (C=O) groups is 1. The Morgan fingerprint density at radius 3 is 3.10 bits per heavy atom. The van der Waals surface area contributed by atoms with E-state index in [4.69, 9.17) is 0 Å². The predicted molar refractivity (Wildman–Crippen MR) is 82.9 cm³/mol. The summed E-state index contributed by atoms with van der Waals surface area (Å²) in [6.07, 6.45) is 3.90. The Balaban J connectivity index is 1.77. The minimum absolute atomic E-state index is 0.0364. The van der Waals surface area contributed by atoms with Crippen LogP contribution in [-0.4, -0.2) is 23.7 Å². The van der Waals surface area contributed by atoms with Gasteiger partial charge in [0, 0.05) is 10.6 Å². The highest BCUT2D eigenvalue weighted by molar-refractivity contribution is 7.99. The van der Waals surface area contributed by atoms with Gasteiger partial charge in [-0.15, -0.1) is 11.8 Å². The van der Waals surface area contributed by atoms with Crippen molar-refractivity contribution in [2.45, 2.75) is 49.1 Å². The van der Waals surface area contributed by atoms with Gasteiger partial charge in [-0.2, -0.15) is 0 Å². The lowest BCUT2D eigenvalue weighted by molar-refractivity contribution is -0.128. The lowest BCUT2D eigenvalue weighted by atomic mass is 9.89. The summed E-state index contributed by atoms with van der Waals surface area (Å²) in [5.74, 6) is 0.750. The number of thioether (sulfide) groups is 1.